The van der Waals surface area contributed by atoms with Crippen molar-refractivity contribution in [3.8, 4) is 0 Å². The van der Waals surface area contributed by atoms with Crippen LogP contribution in [0.15, 0.2) is 0 Å². The summed E-state index contributed by atoms with van der Waals surface area (Å²) in [6, 6.07) is 0. The van der Waals surface area contributed by atoms with Gasteiger partial charge in [-0.15, -0.1) is 0 Å². The highest BCUT2D eigenvalue weighted by molar-refractivity contribution is 5.87. The Hall–Kier alpha value is -0.370. The van der Waals surface area contributed by atoms with Crippen LogP contribution < -0.4 is 0 Å². The first-order valence-electron chi connectivity index (χ1n) is 5.49. The lowest BCUT2D eigenvalue weighted by molar-refractivity contribution is -0.124. The van der Waals surface area contributed by atoms with Crippen LogP contribution in [-0.4, -0.2) is 19.0 Å². The number of rotatable bonds is 2. The molecule has 1 saturated heterocycles. The van der Waals surface area contributed by atoms with Gasteiger partial charge >= 0.3 is 0 Å². The van der Waals surface area contributed by atoms with Crippen LogP contribution >= 0.6 is 0 Å². The van der Waals surface area contributed by atoms with E-state index in [1.165, 1.54) is 19.3 Å². The summed E-state index contributed by atoms with van der Waals surface area (Å²) < 4.78 is 5.26. The van der Waals surface area contributed by atoms with E-state index < -0.39 is 0 Å². The molecule has 72 valence electrons. The van der Waals surface area contributed by atoms with E-state index in [2.05, 4.69) is 0 Å². The molecule has 0 N–H and O–H groups in total. The third-order valence-electron chi connectivity index (χ3n) is 4.07. The van der Waals surface area contributed by atoms with Crippen molar-refractivity contribution in [2.24, 2.45) is 23.7 Å². The average molecular weight is 180 g/mol. The van der Waals surface area contributed by atoms with Crippen LogP contribution in [0.2, 0.25) is 0 Å². The van der Waals surface area contributed by atoms with E-state index in [0.29, 0.717) is 18.3 Å². The molecule has 0 aromatic carbocycles. The van der Waals surface area contributed by atoms with Crippen molar-refractivity contribution in [2.45, 2.75) is 25.7 Å². The largest absolute Gasteiger partial charge is 0.381 e. The summed E-state index contributed by atoms with van der Waals surface area (Å²) in [5, 5.41) is 0. The van der Waals surface area contributed by atoms with Gasteiger partial charge in [-0.3, -0.25) is 4.79 Å². The lowest BCUT2D eigenvalue weighted by atomic mass is 9.96. The summed E-state index contributed by atoms with van der Waals surface area (Å²) in [5.74, 6) is 2.82. The predicted molar refractivity (Wildman–Crippen MR) is 48.3 cm³/mol. The van der Waals surface area contributed by atoms with Gasteiger partial charge in [-0.25, -0.2) is 0 Å². The monoisotopic (exact) mass is 180 g/mol. The number of Topliss-reactive ketones (excluding diaryl/α,β-unsaturated/α-hetero) is 1. The van der Waals surface area contributed by atoms with Gasteiger partial charge in [-0.1, -0.05) is 6.42 Å². The highest BCUT2D eigenvalue weighted by Gasteiger charge is 2.57. The van der Waals surface area contributed by atoms with Gasteiger partial charge in [0, 0.05) is 18.4 Å². The van der Waals surface area contributed by atoms with Gasteiger partial charge in [-0.05, 0) is 31.1 Å². The molecule has 1 aliphatic heterocycles. The molecule has 2 heteroatoms. The molecule has 0 amide bonds. The van der Waals surface area contributed by atoms with Crippen LogP contribution in [-0.2, 0) is 9.53 Å². The van der Waals surface area contributed by atoms with Crippen LogP contribution in [0.3, 0.4) is 0 Å². The van der Waals surface area contributed by atoms with E-state index in [4.69, 9.17) is 4.74 Å². The number of hydrogen-bond donors (Lipinski definition) is 0. The van der Waals surface area contributed by atoms with Crippen LogP contribution in [0.25, 0.3) is 0 Å². The van der Waals surface area contributed by atoms with Gasteiger partial charge in [0.2, 0.25) is 0 Å². The van der Waals surface area contributed by atoms with Gasteiger partial charge in [0.15, 0.2) is 0 Å². The third kappa shape index (κ3) is 1.15. The quantitative estimate of drug-likeness (QED) is 0.645. The van der Waals surface area contributed by atoms with Gasteiger partial charge in [-0.2, -0.15) is 0 Å². The minimum Gasteiger partial charge on any atom is -0.381 e. The fraction of sp³-hybridized carbons (Fsp3) is 0.909. The molecule has 2 nitrogen and oxygen atoms in total. The molecule has 1 heterocycles. The number of hydrogen-bond acceptors (Lipinski definition) is 2. The van der Waals surface area contributed by atoms with Crippen molar-refractivity contribution >= 4 is 5.78 Å². The second-order valence-electron chi connectivity index (χ2n) is 4.75. The van der Waals surface area contributed by atoms with Gasteiger partial charge in [0.05, 0.1) is 6.61 Å². The van der Waals surface area contributed by atoms with Crippen LogP contribution in [0.1, 0.15) is 25.7 Å². The van der Waals surface area contributed by atoms with Crippen molar-refractivity contribution in [2.75, 3.05) is 13.2 Å². The Kier molecular flexibility index (Phi) is 1.72. The Morgan fingerprint density at radius 1 is 1.15 bits per heavy atom. The van der Waals surface area contributed by atoms with E-state index in [1.54, 1.807) is 0 Å². The zero-order valence-corrected chi connectivity index (χ0v) is 7.87. The standard InChI is InChI=1S/C11H16O2/c12-11(7-4-5-13-6-7)10-8-2-1-3-9(8)10/h7-10H,1-6H2. The molecular weight excluding hydrogens is 164 g/mol. The Morgan fingerprint density at radius 3 is 2.54 bits per heavy atom. The number of ketones is 1. The van der Waals surface area contributed by atoms with Crippen LogP contribution in [0, 0.1) is 23.7 Å². The molecule has 3 unspecified atom stereocenters. The Balaban J connectivity index is 1.63. The first-order valence-corrected chi connectivity index (χ1v) is 5.49. The molecule has 0 bridgehead atoms. The molecule has 3 atom stereocenters. The molecule has 0 spiro atoms. The summed E-state index contributed by atoms with van der Waals surface area (Å²) in [6.07, 6.45) is 4.97. The number of carbonyl (C=O) groups is 1. The van der Waals surface area contributed by atoms with Gasteiger partial charge in [0.25, 0.3) is 0 Å². The maximum absolute atomic E-state index is 11.9. The smallest absolute Gasteiger partial charge is 0.142 e. The minimum absolute atomic E-state index is 0.260. The van der Waals surface area contributed by atoms with Crippen molar-refractivity contribution < 1.29 is 9.53 Å². The molecular formula is C11H16O2. The van der Waals surface area contributed by atoms with Gasteiger partial charge < -0.3 is 4.74 Å². The molecule has 3 fully saturated rings. The Morgan fingerprint density at radius 2 is 1.92 bits per heavy atom. The van der Waals surface area contributed by atoms with E-state index in [-0.39, 0.29) is 5.92 Å². The molecule has 3 rings (SSSR count). The van der Waals surface area contributed by atoms with Crippen LogP contribution in [0.5, 0.6) is 0 Å². The van der Waals surface area contributed by atoms with Gasteiger partial charge in [0.1, 0.15) is 5.78 Å². The van der Waals surface area contributed by atoms with Crippen molar-refractivity contribution in [3.63, 3.8) is 0 Å². The normalized spacial score (nSPS) is 47.7. The third-order valence-corrected chi connectivity index (χ3v) is 4.07. The molecule has 13 heavy (non-hydrogen) atoms. The zero-order chi connectivity index (χ0) is 8.84. The van der Waals surface area contributed by atoms with E-state index >= 15 is 0 Å². The second kappa shape index (κ2) is 2.81. The Labute approximate surface area is 78.6 Å². The number of carbonyl (C=O) groups excluding carboxylic acids is 1. The summed E-state index contributed by atoms with van der Waals surface area (Å²) >= 11 is 0. The maximum Gasteiger partial charge on any atom is 0.142 e. The lowest BCUT2D eigenvalue weighted by Gasteiger charge is -2.07. The predicted octanol–water partition coefficient (Wildman–Crippen LogP) is 1.64. The highest BCUT2D eigenvalue weighted by Crippen LogP contribution is 2.58. The summed E-state index contributed by atoms with van der Waals surface area (Å²) in [6.45, 7) is 1.51. The van der Waals surface area contributed by atoms with E-state index in [0.717, 1.165) is 24.9 Å². The maximum atomic E-state index is 11.9. The molecule has 0 aromatic rings. The molecule has 2 saturated carbocycles. The average Bonchev–Trinajstić information content (AvgIpc) is 2.68. The van der Waals surface area contributed by atoms with E-state index in [9.17, 15) is 4.79 Å². The molecule has 2 aliphatic carbocycles. The van der Waals surface area contributed by atoms with Crippen molar-refractivity contribution in [1.29, 1.82) is 0 Å². The zero-order valence-electron chi connectivity index (χ0n) is 7.87. The fourth-order valence-electron chi connectivity index (χ4n) is 3.27. The lowest BCUT2D eigenvalue weighted by Crippen LogP contribution is -2.18. The SMILES string of the molecule is O=C(C1CCOC1)C1C2CCCC21. The highest BCUT2D eigenvalue weighted by atomic mass is 16.5. The summed E-state index contributed by atoms with van der Waals surface area (Å²) in [4.78, 5) is 11.9. The van der Waals surface area contributed by atoms with E-state index in [1.807, 2.05) is 0 Å². The molecule has 0 aromatic heterocycles. The van der Waals surface area contributed by atoms with Crippen molar-refractivity contribution in [1.82, 2.24) is 0 Å². The van der Waals surface area contributed by atoms with Crippen molar-refractivity contribution in [3.05, 3.63) is 0 Å². The summed E-state index contributed by atoms with van der Waals surface area (Å²) in [7, 11) is 0. The number of fused-ring (bicyclic) bond motifs is 1. The van der Waals surface area contributed by atoms with Crippen LogP contribution in [0.4, 0.5) is 0 Å². The first kappa shape index (κ1) is 7.98. The molecule has 0 radical (unpaired) electrons. The molecule has 3 aliphatic rings. The fourth-order valence-corrected chi connectivity index (χ4v) is 3.27. The summed E-state index contributed by atoms with van der Waals surface area (Å²) in [5.41, 5.74) is 0. The first-order chi connectivity index (χ1) is 6.38. The topological polar surface area (TPSA) is 26.3 Å². The second-order valence-corrected chi connectivity index (χ2v) is 4.75. The minimum atomic E-state index is 0.260. The number of ether oxygens (including phenoxy) is 1. The Bertz CT molecular complexity index is 220.